The lowest BCUT2D eigenvalue weighted by Crippen LogP contribution is -1.74. The van der Waals surface area contributed by atoms with Crippen LogP contribution in [0.2, 0.25) is 0 Å². The normalized spacial score (nSPS) is 8.11. The molecule has 0 spiro atoms. The third-order valence-electron chi connectivity index (χ3n) is 1.05. The minimum absolute atomic E-state index is 0. The van der Waals surface area contributed by atoms with Crippen molar-refractivity contribution in [3.63, 3.8) is 0 Å². The Bertz CT molecular complexity index is 146. The highest BCUT2D eigenvalue weighted by Crippen LogP contribution is 1.96. The van der Waals surface area contributed by atoms with Crippen molar-refractivity contribution in [3.8, 4) is 0 Å². The van der Waals surface area contributed by atoms with E-state index < -0.39 is 0 Å². The van der Waals surface area contributed by atoms with Gasteiger partial charge in [0.1, 0.15) is 0 Å². The van der Waals surface area contributed by atoms with E-state index in [1.807, 2.05) is 30.3 Å². The van der Waals surface area contributed by atoms with Gasteiger partial charge in [0.15, 0.2) is 0 Å². The topological polar surface area (TPSA) is 28.5 Å². The first kappa shape index (κ1) is 8.18. The second-order valence-corrected chi connectivity index (χ2v) is 1.66. The fourth-order valence-corrected chi connectivity index (χ4v) is 0.596. The Labute approximate surface area is 55.6 Å². The van der Waals surface area contributed by atoms with E-state index in [2.05, 4.69) is 0 Å². The van der Waals surface area contributed by atoms with Gasteiger partial charge >= 0.3 is 0 Å². The zero-order chi connectivity index (χ0) is 5.82. The van der Waals surface area contributed by atoms with E-state index >= 15 is 0 Å². The summed E-state index contributed by atoms with van der Waals surface area (Å²) in [6.07, 6.45) is 0.390. The molecule has 0 fully saturated rings. The van der Waals surface area contributed by atoms with Crippen molar-refractivity contribution in [1.82, 2.24) is 0 Å². The van der Waals surface area contributed by atoms with Crippen molar-refractivity contribution in [3.05, 3.63) is 42.8 Å². The van der Waals surface area contributed by atoms with E-state index in [0.717, 1.165) is 5.56 Å². The van der Waals surface area contributed by atoms with Crippen molar-refractivity contribution in [2.24, 2.45) is 0 Å². The summed E-state index contributed by atoms with van der Waals surface area (Å²) in [5.74, 6) is 0. The summed E-state index contributed by atoms with van der Waals surface area (Å²) < 4.78 is 0. The van der Waals surface area contributed by atoms with Gasteiger partial charge < -0.3 is 0 Å². The number of benzene rings is 1. The van der Waals surface area contributed by atoms with Crippen LogP contribution in [0, 0.1) is 6.92 Å². The van der Waals surface area contributed by atoms with Crippen LogP contribution in [-0.4, -0.2) is 0 Å². The summed E-state index contributed by atoms with van der Waals surface area (Å²) in [4.78, 5) is 0. The molecule has 0 saturated carbocycles. The molecule has 1 aromatic rings. The highest BCUT2D eigenvalue weighted by atomic mass is 16.0. The third-order valence-corrected chi connectivity index (χ3v) is 1.05. The van der Waals surface area contributed by atoms with E-state index in [4.69, 9.17) is 6.92 Å². The molecular weight excluding hydrogens is 112 g/mol. The molecule has 0 bridgehead atoms. The Morgan fingerprint density at radius 1 is 1.11 bits per heavy atom. The summed E-state index contributed by atoms with van der Waals surface area (Å²) in [6, 6.07) is 9.76. The molecule has 45 valence electrons. The Morgan fingerprint density at radius 2 is 1.67 bits per heavy atom. The largest absolute Gasteiger partial charge is 0.0622 e. The molecule has 0 aliphatic rings. The highest BCUT2D eigenvalue weighted by Gasteiger charge is 1.80. The third kappa shape index (κ3) is 2.29. The fourth-order valence-electron chi connectivity index (χ4n) is 0.596. The summed E-state index contributed by atoms with van der Waals surface area (Å²) >= 11 is 0. The zero-order valence-electron chi connectivity index (χ0n) is 5.00. The lowest BCUT2D eigenvalue weighted by atomic mass is 10.2. The predicted octanol–water partition coefficient (Wildman–Crippen LogP) is 1.70. The van der Waals surface area contributed by atoms with E-state index in [1.165, 1.54) is 0 Å². The fraction of sp³-hybridized carbons (Fsp3) is 0.125. The molecule has 0 atom stereocenters. The molecule has 1 aromatic carbocycles. The van der Waals surface area contributed by atoms with Gasteiger partial charge in [-0.2, -0.15) is 0 Å². The summed E-state index contributed by atoms with van der Waals surface area (Å²) in [7, 11) is 0. The van der Waals surface area contributed by atoms with Crippen LogP contribution < -0.4 is 0 Å². The van der Waals surface area contributed by atoms with Crippen LogP contribution in [0.3, 0.4) is 0 Å². The van der Waals surface area contributed by atoms with Crippen LogP contribution in [0.25, 0.3) is 0 Å². The zero-order valence-corrected chi connectivity index (χ0v) is 5.00. The van der Waals surface area contributed by atoms with Gasteiger partial charge in [-0.3, -0.25) is 0 Å². The molecule has 0 aliphatic heterocycles. The minimum Gasteiger partial charge on any atom is -0.0622 e. The summed E-state index contributed by atoms with van der Waals surface area (Å²) in [5.41, 5.74) is 1.08. The Morgan fingerprint density at radius 3 is 2.00 bits per heavy atom. The minimum atomic E-state index is 0. The van der Waals surface area contributed by atoms with E-state index in [0.29, 0.717) is 6.42 Å². The van der Waals surface area contributed by atoms with Gasteiger partial charge in [0.2, 0.25) is 0 Å². The first-order valence-corrected chi connectivity index (χ1v) is 2.62. The van der Waals surface area contributed by atoms with Crippen LogP contribution in [0.1, 0.15) is 5.56 Å². The van der Waals surface area contributed by atoms with Crippen LogP contribution in [-0.2, 0) is 11.9 Å². The van der Waals surface area contributed by atoms with E-state index in [9.17, 15) is 0 Å². The molecule has 9 heavy (non-hydrogen) atoms. The molecule has 1 heteroatoms. The lowest BCUT2D eigenvalue weighted by Gasteiger charge is -1.89. The van der Waals surface area contributed by atoms with Crippen LogP contribution >= 0.6 is 0 Å². The first-order valence-electron chi connectivity index (χ1n) is 2.62. The Hall–Kier alpha value is -0.820. The monoisotopic (exact) mass is 119 g/mol. The molecule has 0 heterocycles. The van der Waals surface area contributed by atoms with Crippen LogP contribution in [0.5, 0.6) is 0 Å². The maximum atomic E-state index is 6.94. The molecule has 0 aromatic heterocycles. The Balaban J connectivity index is 0.000000640. The first-order chi connectivity index (χ1) is 3.93. The average Bonchev–Trinajstić information content (AvgIpc) is 1.90. The van der Waals surface area contributed by atoms with Crippen molar-refractivity contribution in [1.29, 1.82) is 0 Å². The molecule has 5 radical (unpaired) electrons. The van der Waals surface area contributed by atoms with Gasteiger partial charge in [0, 0.05) is 5.48 Å². The molecular formula is C8H7O. The van der Waals surface area contributed by atoms with Crippen LogP contribution in [0.15, 0.2) is 30.3 Å². The Kier molecular flexibility index (Phi) is 3.72. The van der Waals surface area contributed by atoms with Gasteiger partial charge in [0.25, 0.3) is 0 Å². The van der Waals surface area contributed by atoms with Crippen LogP contribution in [0.4, 0.5) is 0 Å². The standard InChI is InChI=1S/C8H7.O/c1-2-8-6-4-3-5-7-8;/h3-7H,2H2;. The van der Waals surface area contributed by atoms with Gasteiger partial charge in [-0.1, -0.05) is 30.3 Å². The number of rotatable bonds is 1. The summed E-state index contributed by atoms with van der Waals surface area (Å²) in [6.45, 7) is 6.94. The average molecular weight is 119 g/mol. The predicted molar refractivity (Wildman–Crippen MR) is 34.1 cm³/mol. The quantitative estimate of drug-likeness (QED) is 0.538. The van der Waals surface area contributed by atoms with Crippen molar-refractivity contribution in [2.75, 3.05) is 0 Å². The molecule has 1 rings (SSSR count). The van der Waals surface area contributed by atoms with E-state index in [-0.39, 0.29) is 5.48 Å². The van der Waals surface area contributed by atoms with Gasteiger partial charge in [-0.25, -0.2) is 0 Å². The lowest BCUT2D eigenvalue weighted by molar-refractivity contribution is 0.686. The maximum absolute atomic E-state index is 6.94. The van der Waals surface area contributed by atoms with Gasteiger partial charge in [-0.05, 0) is 18.9 Å². The molecule has 0 saturated heterocycles. The molecule has 0 N–H and O–H groups in total. The number of hydrogen-bond donors (Lipinski definition) is 0. The molecule has 1 nitrogen and oxygen atoms in total. The van der Waals surface area contributed by atoms with Gasteiger partial charge in [-0.15, -0.1) is 0 Å². The maximum Gasteiger partial charge on any atom is 0 e. The van der Waals surface area contributed by atoms with Crippen molar-refractivity contribution < 1.29 is 5.48 Å². The van der Waals surface area contributed by atoms with Crippen molar-refractivity contribution in [2.45, 2.75) is 6.42 Å². The number of hydrogen-bond acceptors (Lipinski definition) is 0. The molecule has 0 aliphatic carbocycles. The molecule has 0 unspecified atom stereocenters. The summed E-state index contributed by atoms with van der Waals surface area (Å²) in [5, 5.41) is 0. The van der Waals surface area contributed by atoms with E-state index in [1.54, 1.807) is 0 Å². The smallest absolute Gasteiger partial charge is 0 e. The SMILES string of the molecule is [C]Cc1ccccc1.[O]. The molecule has 0 amide bonds. The highest BCUT2D eigenvalue weighted by molar-refractivity contribution is 5.14. The van der Waals surface area contributed by atoms with Crippen molar-refractivity contribution >= 4 is 0 Å². The van der Waals surface area contributed by atoms with Gasteiger partial charge in [0.05, 0.1) is 0 Å². The second-order valence-electron chi connectivity index (χ2n) is 1.66. The second kappa shape index (κ2) is 4.10.